The van der Waals surface area contributed by atoms with Crippen molar-refractivity contribution in [3.63, 3.8) is 0 Å². The Morgan fingerprint density at radius 2 is 2.10 bits per heavy atom. The van der Waals surface area contributed by atoms with Gasteiger partial charge in [-0.25, -0.2) is 4.39 Å². The average molecular weight is 275 g/mol. The highest BCUT2D eigenvalue weighted by Crippen LogP contribution is 2.25. The van der Waals surface area contributed by atoms with E-state index in [1.807, 2.05) is 0 Å². The van der Waals surface area contributed by atoms with Crippen LogP contribution in [0.3, 0.4) is 0 Å². The maximum absolute atomic E-state index is 13.2. The first-order chi connectivity index (χ1) is 9.70. The molecule has 0 aromatic heterocycles. The Morgan fingerprint density at radius 3 is 2.80 bits per heavy atom. The number of aliphatic hydroxyl groups is 1. The van der Waals surface area contributed by atoms with Crippen molar-refractivity contribution < 1.29 is 14.3 Å². The first kappa shape index (κ1) is 14.5. The molecule has 1 aliphatic carbocycles. The Labute approximate surface area is 118 Å². The van der Waals surface area contributed by atoms with Crippen molar-refractivity contribution in [2.75, 3.05) is 11.9 Å². The van der Waals surface area contributed by atoms with Gasteiger partial charge in [0.25, 0.3) is 0 Å². The van der Waals surface area contributed by atoms with Gasteiger partial charge in [0.05, 0.1) is 11.3 Å². The molecule has 106 valence electrons. The van der Waals surface area contributed by atoms with Gasteiger partial charge in [0.1, 0.15) is 12.4 Å². The summed E-state index contributed by atoms with van der Waals surface area (Å²) in [6, 6.07) is 4.07. The summed E-state index contributed by atoms with van der Waals surface area (Å²) >= 11 is 0. The molecule has 1 aromatic carbocycles. The van der Waals surface area contributed by atoms with Gasteiger partial charge in [-0.1, -0.05) is 31.1 Å². The van der Waals surface area contributed by atoms with E-state index in [4.69, 9.17) is 5.11 Å². The van der Waals surface area contributed by atoms with E-state index < -0.39 is 5.82 Å². The highest BCUT2D eigenvalue weighted by Gasteiger charge is 2.21. The van der Waals surface area contributed by atoms with E-state index >= 15 is 0 Å². The van der Waals surface area contributed by atoms with Gasteiger partial charge in [-0.05, 0) is 31.0 Å². The molecule has 0 saturated heterocycles. The zero-order valence-electron chi connectivity index (χ0n) is 11.3. The molecule has 0 spiro atoms. The van der Waals surface area contributed by atoms with Crippen LogP contribution in [-0.2, 0) is 4.79 Å². The smallest absolute Gasteiger partial charge is 0.227 e. The molecule has 0 heterocycles. The molecule has 4 heteroatoms. The standard InChI is InChI=1S/C16H18FNO2/c17-14-8-9-15(13(11-14)7-4-10-19)18-16(20)12-5-2-1-3-6-12/h8-9,11-12,19H,1-3,5-6,10H2,(H,18,20). The van der Waals surface area contributed by atoms with E-state index in [2.05, 4.69) is 17.2 Å². The lowest BCUT2D eigenvalue weighted by molar-refractivity contribution is -0.120. The Hall–Kier alpha value is -1.86. The Balaban J connectivity index is 2.13. The van der Waals surface area contributed by atoms with Crippen molar-refractivity contribution in [2.24, 2.45) is 5.92 Å². The molecule has 0 radical (unpaired) electrons. The van der Waals surface area contributed by atoms with E-state index in [1.54, 1.807) is 0 Å². The first-order valence-electron chi connectivity index (χ1n) is 6.91. The minimum atomic E-state index is -0.414. The monoisotopic (exact) mass is 275 g/mol. The number of rotatable bonds is 2. The van der Waals surface area contributed by atoms with E-state index in [0.29, 0.717) is 11.3 Å². The van der Waals surface area contributed by atoms with Crippen LogP contribution < -0.4 is 5.32 Å². The van der Waals surface area contributed by atoms with E-state index in [0.717, 1.165) is 25.7 Å². The minimum Gasteiger partial charge on any atom is -0.384 e. The second-order valence-corrected chi connectivity index (χ2v) is 4.97. The Kier molecular flexibility index (Phi) is 5.14. The van der Waals surface area contributed by atoms with E-state index in [1.165, 1.54) is 24.6 Å². The molecule has 0 aliphatic heterocycles. The second-order valence-electron chi connectivity index (χ2n) is 4.97. The summed E-state index contributed by atoms with van der Waals surface area (Å²) in [6.07, 6.45) is 5.17. The molecule has 1 aromatic rings. The van der Waals surface area contributed by atoms with Crippen LogP contribution in [0, 0.1) is 23.6 Å². The number of aliphatic hydroxyl groups excluding tert-OH is 1. The zero-order chi connectivity index (χ0) is 14.4. The van der Waals surface area contributed by atoms with Gasteiger partial charge in [-0.2, -0.15) is 0 Å². The van der Waals surface area contributed by atoms with Crippen LogP contribution in [0.2, 0.25) is 0 Å². The predicted octanol–water partition coefficient (Wildman–Crippen LogP) is 2.69. The largest absolute Gasteiger partial charge is 0.384 e. The first-order valence-corrected chi connectivity index (χ1v) is 6.91. The lowest BCUT2D eigenvalue weighted by Crippen LogP contribution is -2.25. The Morgan fingerprint density at radius 1 is 1.35 bits per heavy atom. The van der Waals surface area contributed by atoms with E-state index in [-0.39, 0.29) is 18.4 Å². The number of benzene rings is 1. The molecule has 2 rings (SSSR count). The maximum atomic E-state index is 13.2. The highest BCUT2D eigenvalue weighted by molar-refractivity contribution is 5.93. The number of hydrogen-bond donors (Lipinski definition) is 2. The molecule has 1 fully saturated rings. The zero-order valence-corrected chi connectivity index (χ0v) is 11.3. The van der Waals surface area contributed by atoms with Crippen LogP contribution in [-0.4, -0.2) is 17.6 Å². The van der Waals surface area contributed by atoms with Crippen molar-refractivity contribution >= 4 is 11.6 Å². The fourth-order valence-electron chi connectivity index (χ4n) is 2.46. The van der Waals surface area contributed by atoms with Gasteiger partial charge >= 0.3 is 0 Å². The van der Waals surface area contributed by atoms with Gasteiger partial charge in [0, 0.05) is 5.92 Å². The molecule has 1 amide bonds. The summed E-state index contributed by atoms with van der Waals surface area (Å²) in [5.74, 6) is 4.73. The molecule has 20 heavy (non-hydrogen) atoms. The van der Waals surface area contributed by atoms with Crippen molar-refractivity contribution in [1.82, 2.24) is 0 Å². The number of nitrogens with one attached hydrogen (secondary N) is 1. The summed E-state index contributed by atoms with van der Waals surface area (Å²) < 4.78 is 13.2. The number of carbonyl (C=O) groups is 1. The van der Waals surface area contributed by atoms with Gasteiger partial charge in [-0.3, -0.25) is 4.79 Å². The van der Waals surface area contributed by atoms with Gasteiger partial charge in [-0.15, -0.1) is 0 Å². The van der Waals surface area contributed by atoms with Crippen LogP contribution in [0.5, 0.6) is 0 Å². The minimum absolute atomic E-state index is 0.0247. The quantitative estimate of drug-likeness (QED) is 0.815. The van der Waals surface area contributed by atoms with Gasteiger partial charge < -0.3 is 10.4 Å². The second kappa shape index (κ2) is 7.06. The number of halogens is 1. The maximum Gasteiger partial charge on any atom is 0.227 e. The van der Waals surface area contributed by atoms with Crippen LogP contribution in [0.4, 0.5) is 10.1 Å². The van der Waals surface area contributed by atoms with Gasteiger partial charge in [0.15, 0.2) is 0 Å². The third-order valence-electron chi connectivity index (χ3n) is 3.52. The lowest BCUT2D eigenvalue weighted by Gasteiger charge is -2.21. The molecule has 0 atom stereocenters. The SMILES string of the molecule is O=C(Nc1ccc(F)cc1C#CCO)C1CCCCC1. The lowest BCUT2D eigenvalue weighted by atomic mass is 9.88. The summed E-state index contributed by atoms with van der Waals surface area (Å²) in [5.41, 5.74) is 0.895. The number of anilines is 1. The van der Waals surface area contributed by atoms with Crippen molar-refractivity contribution in [3.8, 4) is 11.8 Å². The van der Waals surface area contributed by atoms with Crippen LogP contribution >= 0.6 is 0 Å². The average Bonchev–Trinajstić information content (AvgIpc) is 2.48. The van der Waals surface area contributed by atoms with Crippen molar-refractivity contribution in [3.05, 3.63) is 29.6 Å². The molecule has 1 saturated carbocycles. The third-order valence-corrected chi connectivity index (χ3v) is 3.52. The topological polar surface area (TPSA) is 49.3 Å². The molecule has 1 aliphatic rings. The molecular formula is C16H18FNO2. The molecule has 3 nitrogen and oxygen atoms in total. The van der Waals surface area contributed by atoms with Crippen LogP contribution in [0.1, 0.15) is 37.7 Å². The molecule has 2 N–H and O–H groups in total. The summed E-state index contributed by atoms with van der Waals surface area (Å²) in [5, 5.41) is 11.5. The van der Waals surface area contributed by atoms with E-state index in [9.17, 15) is 9.18 Å². The molecule has 0 unspecified atom stereocenters. The number of amides is 1. The number of hydrogen-bond acceptors (Lipinski definition) is 2. The predicted molar refractivity (Wildman–Crippen MR) is 75.6 cm³/mol. The third kappa shape index (κ3) is 3.82. The highest BCUT2D eigenvalue weighted by atomic mass is 19.1. The van der Waals surface area contributed by atoms with Crippen molar-refractivity contribution in [1.29, 1.82) is 0 Å². The fourth-order valence-corrected chi connectivity index (χ4v) is 2.46. The summed E-state index contributed by atoms with van der Waals surface area (Å²) in [4.78, 5) is 12.2. The molecular weight excluding hydrogens is 257 g/mol. The summed E-state index contributed by atoms with van der Waals surface area (Å²) in [7, 11) is 0. The number of carbonyl (C=O) groups excluding carboxylic acids is 1. The summed E-state index contributed by atoms with van der Waals surface area (Å²) in [6.45, 7) is -0.299. The normalized spacial score (nSPS) is 15.3. The fraction of sp³-hybridized carbons (Fsp3) is 0.438. The van der Waals surface area contributed by atoms with Crippen LogP contribution in [0.15, 0.2) is 18.2 Å². The molecule has 0 bridgehead atoms. The van der Waals surface area contributed by atoms with Crippen molar-refractivity contribution in [2.45, 2.75) is 32.1 Å². The Bertz CT molecular complexity index is 539. The van der Waals surface area contributed by atoms with Gasteiger partial charge in [0.2, 0.25) is 5.91 Å². The van der Waals surface area contributed by atoms with Crippen LogP contribution in [0.25, 0.3) is 0 Å².